The summed E-state index contributed by atoms with van der Waals surface area (Å²) in [6.07, 6.45) is 2.61. The van der Waals surface area contributed by atoms with Gasteiger partial charge in [0.2, 0.25) is 5.91 Å². The lowest BCUT2D eigenvalue weighted by Crippen LogP contribution is -2.46. The summed E-state index contributed by atoms with van der Waals surface area (Å²) in [6, 6.07) is 1.06. The van der Waals surface area contributed by atoms with Gasteiger partial charge in [-0.2, -0.15) is 0 Å². The van der Waals surface area contributed by atoms with Crippen molar-refractivity contribution >= 4 is 5.91 Å². The summed E-state index contributed by atoms with van der Waals surface area (Å²) in [6.45, 7) is 4.76. The number of amides is 1. The molecule has 4 nitrogen and oxygen atoms in total. The molecule has 0 aromatic carbocycles. The molecular weight excluding hydrogens is 190 g/mol. The van der Waals surface area contributed by atoms with Crippen LogP contribution >= 0.6 is 0 Å². The van der Waals surface area contributed by atoms with Crippen molar-refractivity contribution in [2.75, 3.05) is 20.6 Å². The minimum absolute atomic E-state index is 0.0774. The second kappa shape index (κ2) is 5.47. The fourth-order valence-corrected chi connectivity index (χ4v) is 1.52. The zero-order valence-electron chi connectivity index (χ0n) is 10.2. The molecule has 1 saturated carbocycles. The van der Waals surface area contributed by atoms with Crippen molar-refractivity contribution in [1.29, 1.82) is 0 Å². The van der Waals surface area contributed by atoms with Gasteiger partial charge in [-0.3, -0.25) is 9.69 Å². The molecule has 1 fully saturated rings. The maximum atomic E-state index is 11.5. The van der Waals surface area contributed by atoms with Crippen molar-refractivity contribution < 1.29 is 4.79 Å². The molecule has 2 atom stereocenters. The monoisotopic (exact) mass is 213 g/mol. The van der Waals surface area contributed by atoms with Gasteiger partial charge in [0.25, 0.3) is 0 Å². The van der Waals surface area contributed by atoms with Crippen LogP contribution in [0.2, 0.25) is 0 Å². The highest BCUT2D eigenvalue weighted by Crippen LogP contribution is 2.26. The van der Waals surface area contributed by atoms with Gasteiger partial charge >= 0.3 is 0 Å². The summed E-state index contributed by atoms with van der Waals surface area (Å²) in [5.74, 6) is 0.0774. The summed E-state index contributed by atoms with van der Waals surface area (Å²) < 4.78 is 0. The van der Waals surface area contributed by atoms with E-state index in [-0.39, 0.29) is 11.9 Å². The Hall–Kier alpha value is -0.610. The maximum absolute atomic E-state index is 11.5. The highest BCUT2D eigenvalue weighted by molar-refractivity contribution is 5.81. The lowest BCUT2D eigenvalue weighted by molar-refractivity contribution is -0.122. The summed E-state index contributed by atoms with van der Waals surface area (Å²) in [5, 5.41) is 5.88. The average Bonchev–Trinajstić information content (AvgIpc) is 3.06. The van der Waals surface area contributed by atoms with Gasteiger partial charge in [-0.05, 0) is 40.8 Å². The van der Waals surface area contributed by atoms with Crippen LogP contribution in [0, 0.1) is 0 Å². The quantitative estimate of drug-likeness (QED) is 0.662. The van der Waals surface area contributed by atoms with Crippen LogP contribution in [0.25, 0.3) is 0 Å². The number of hydrogen-bond acceptors (Lipinski definition) is 3. The van der Waals surface area contributed by atoms with Crippen LogP contribution in [-0.4, -0.2) is 49.6 Å². The Labute approximate surface area is 92.4 Å². The molecule has 1 aliphatic carbocycles. The molecule has 1 amide bonds. The fraction of sp³-hybridized carbons (Fsp3) is 0.909. The van der Waals surface area contributed by atoms with E-state index in [0.717, 1.165) is 12.6 Å². The lowest BCUT2D eigenvalue weighted by Gasteiger charge is -2.25. The molecule has 2 unspecified atom stereocenters. The first kappa shape index (κ1) is 12.5. The van der Waals surface area contributed by atoms with Gasteiger partial charge in [0, 0.05) is 18.6 Å². The molecule has 0 heterocycles. The van der Waals surface area contributed by atoms with Crippen LogP contribution < -0.4 is 10.6 Å². The minimum Gasteiger partial charge on any atom is -0.353 e. The summed E-state index contributed by atoms with van der Waals surface area (Å²) >= 11 is 0. The number of hydrogen-bond donors (Lipinski definition) is 2. The van der Waals surface area contributed by atoms with E-state index in [4.69, 9.17) is 0 Å². The van der Waals surface area contributed by atoms with E-state index in [9.17, 15) is 4.79 Å². The van der Waals surface area contributed by atoms with Gasteiger partial charge in [0.1, 0.15) is 0 Å². The standard InChI is InChI=1S/C11H23N3O/c1-8(14(4)10-5-6-10)7-13-11(15)9(2)12-3/h8-10,12H,5-7H2,1-4H3,(H,13,15). The lowest BCUT2D eigenvalue weighted by atomic mass is 10.2. The molecule has 1 rings (SSSR count). The van der Waals surface area contributed by atoms with Crippen LogP contribution in [0.4, 0.5) is 0 Å². The third kappa shape index (κ3) is 3.80. The van der Waals surface area contributed by atoms with E-state index in [2.05, 4.69) is 29.5 Å². The molecular formula is C11H23N3O. The van der Waals surface area contributed by atoms with Crippen molar-refractivity contribution in [3.05, 3.63) is 0 Å². The number of carbonyl (C=O) groups is 1. The highest BCUT2D eigenvalue weighted by Gasteiger charge is 2.29. The first-order valence-electron chi connectivity index (χ1n) is 5.73. The highest BCUT2D eigenvalue weighted by atomic mass is 16.2. The Kier molecular flexibility index (Phi) is 4.54. The number of nitrogens with one attached hydrogen (secondary N) is 2. The summed E-state index contributed by atoms with van der Waals surface area (Å²) in [4.78, 5) is 13.8. The second-order valence-corrected chi connectivity index (χ2v) is 4.50. The van der Waals surface area contributed by atoms with E-state index in [1.807, 2.05) is 6.92 Å². The molecule has 0 aliphatic heterocycles. The first-order chi connectivity index (χ1) is 7.06. The maximum Gasteiger partial charge on any atom is 0.236 e. The largest absolute Gasteiger partial charge is 0.353 e. The summed E-state index contributed by atoms with van der Waals surface area (Å²) in [5.41, 5.74) is 0. The Morgan fingerprint density at radius 2 is 2.07 bits per heavy atom. The molecule has 88 valence electrons. The molecule has 2 N–H and O–H groups in total. The summed E-state index contributed by atoms with van der Waals surface area (Å²) in [7, 11) is 3.93. The van der Waals surface area contributed by atoms with Crippen molar-refractivity contribution in [3.8, 4) is 0 Å². The molecule has 0 aromatic rings. The normalized spacial score (nSPS) is 20.1. The van der Waals surface area contributed by atoms with Crippen LogP contribution in [0.15, 0.2) is 0 Å². The SMILES string of the molecule is CNC(C)C(=O)NCC(C)N(C)C1CC1. The third-order valence-electron chi connectivity index (χ3n) is 3.22. The first-order valence-corrected chi connectivity index (χ1v) is 5.73. The van der Waals surface area contributed by atoms with Crippen molar-refractivity contribution in [1.82, 2.24) is 15.5 Å². The third-order valence-corrected chi connectivity index (χ3v) is 3.22. The van der Waals surface area contributed by atoms with E-state index in [1.165, 1.54) is 12.8 Å². The number of nitrogens with zero attached hydrogens (tertiary/aromatic N) is 1. The van der Waals surface area contributed by atoms with Gasteiger partial charge in [-0.25, -0.2) is 0 Å². The Bertz CT molecular complexity index is 216. The predicted molar refractivity (Wildman–Crippen MR) is 61.8 cm³/mol. The molecule has 0 saturated heterocycles. The molecule has 15 heavy (non-hydrogen) atoms. The Morgan fingerprint density at radius 3 is 2.53 bits per heavy atom. The van der Waals surface area contributed by atoms with E-state index in [0.29, 0.717) is 6.04 Å². The Balaban J connectivity index is 2.20. The molecule has 1 aliphatic rings. The van der Waals surface area contributed by atoms with Gasteiger partial charge in [0.15, 0.2) is 0 Å². The van der Waals surface area contributed by atoms with Crippen LogP contribution in [0.3, 0.4) is 0 Å². The van der Waals surface area contributed by atoms with Crippen LogP contribution in [0.5, 0.6) is 0 Å². The molecule has 0 radical (unpaired) electrons. The molecule has 0 bridgehead atoms. The van der Waals surface area contributed by atoms with Crippen LogP contribution in [-0.2, 0) is 4.79 Å². The smallest absolute Gasteiger partial charge is 0.236 e. The van der Waals surface area contributed by atoms with Gasteiger partial charge in [-0.15, -0.1) is 0 Å². The number of carbonyl (C=O) groups excluding carboxylic acids is 1. The minimum atomic E-state index is -0.108. The van der Waals surface area contributed by atoms with Crippen molar-refractivity contribution in [3.63, 3.8) is 0 Å². The number of likely N-dealkylation sites (N-methyl/N-ethyl adjacent to an activating group) is 2. The Morgan fingerprint density at radius 1 is 1.47 bits per heavy atom. The topological polar surface area (TPSA) is 44.4 Å². The fourth-order valence-electron chi connectivity index (χ4n) is 1.52. The van der Waals surface area contributed by atoms with E-state index < -0.39 is 0 Å². The molecule has 0 spiro atoms. The van der Waals surface area contributed by atoms with Crippen molar-refractivity contribution in [2.24, 2.45) is 0 Å². The van der Waals surface area contributed by atoms with Crippen LogP contribution in [0.1, 0.15) is 26.7 Å². The van der Waals surface area contributed by atoms with E-state index >= 15 is 0 Å². The second-order valence-electron chi connectivity index (χ2n) is 4.50. The van der Waals surface area contributed by atoms with Gasteiger partial charge in [0.05, 0.1) is 6.04 Å². The van der Waals surface area contributed by atoms with E-state index in [1.54, 1.807) is 7.05 Å². The zero-order valence-corrected chi connectivity index (χ0v) is 10.2. The zero-order chi connectivity index (χ0) is 11.4. The van der Waals surface area contributed by atoms with Gasteiger partial charge < -0.3 is 10.6 Å². The predicted octanol–water partition coefficient (Wildman–Crippen LogP) is 0.193. The average molecular weight is 213 g/mol. The van der Waals surface area contributed by atoms with Crippen molar-refractivity contribution in [2.45, 2.75) is 44.8 Å². The molecule has 4 heteroatoms. The van der Waals surface area contributed by atoms with Gasteiger partial charge in [-0.1, -0.05) is 0 Å². The number of rotatable bonds is 6. The molecule has 0 aromatic heterocycles.